The average Bonchev–Trinajstić information content (AvgIpc) is 2.87. The van der Waals surface area contributed by atoms with Crippen molar-refractivity contribution in [3.05, 3.63) is 68.4 Å². The number of nitrogens with zero attached hydrogens (tertiary/aromatic N) is 1. The molecule has 0 amide bonds. The molecule has 0 saturated carbocycles. The molecule has 0 aromatic heterocycles. The van der Waals surface area contributed by atoms with Crippen LogP contribution in [0.15, 0.2) is 73.4 Å². The van der Waals surface area contributed by atoms with Gasteiger partial charge in [-0.2, -0.15) is 0 Å². The summed E-state index contributed by atoms with van der Waals surface area (Å²) in [4.78, 5) is 7.01. The number of allylic oxidation sites excluding steroid dienone is 10. The van der Waals surface area contributed by atoms with Gasteiger partial charge in [-0.25, -0.2) is 0 Å². The molecule has 2 N–H and O–H groups in total. The summed E-state index contributed by atoms with van der Waals surface area (Å²) in [6.07, 6.45) is 21.5. The first-order valence-corrected chi connectivity index (χ1v) is 15.4. The standard InChI is InChI=1S/C24H34IN2.C3H8.C2H6/c1-18-9-12-22(25-5)13-10-20(15-18)7-6-14-27-23(26)21-11-8-19(2)16-24(3,4)17-21;1-3-2;1-2/h8,10-12,15-17H,6-7,9,13-14H2,1-5H3,(H2,26,27);3H2,1-2H3;1-2H3/q-1;;/b18-15?,20-10-,22-12+;;. The third-order valence-electron chi connectivity index (χ3n) is 4.73. The Hall–Kier alpha value is -1.36. The minimum atomic E-state index is 0.00216. The van der Waals surface area contributed by atoms with Gasteiger partial charge in [0.05, 0.1) is 0 Å². The van der Waals surface area contributed by atoms with Crippen LogP contribution in [-0.4, -0.2) is 17.3 Å². The molecule has 0 unspecified atom stereocenters. The zero-order valence-corrected chi connectivity index (χ0v) is 24.3. The second kappa shape index (κ2) is 17.2. The van der Waals surface area contributed by atoms with Crippen molar-refractivity contribution in [2.24, 2.45) is 16.1 Å². The second-order valence-electron chi connectivity index (χ2n) is 8.74. The molecule has 0 aromatic carbocycles. The van der Waals surface area contributed by atoms with Crippen LogP contribution in [0.1, 0.15) is 87.5 Å². The van der Waals surface area contributed by atoms with Gasteiger partial charge in [0.1, 0.15) is 0 Å². The first kappa shape index (κ1) is 30.6. The van der Waals surface area contributed by atoms with Crippen molar-refractivity contribution in [2.45, 2.75) is 87.5 Å². The Kier molecular flexibility index (Phi) is 16.4. The van der Waals surface area contributed by atoms with Gasteiger partial charge < -0.3 is 0 Å². The van der Waals surface area contributed by atoms with Gasteiger partial charge in [-0.15, -0.1) is 0 Å². The van der Waals surface area contributed by atoms with Crippen molar-refractivity contribution in [1.29, 1.82) is 0 Å². The van der Waals surface area contributed by atoms with Crippen LogP contribution in [0.2, 0.25) is 0 Å². The molecule has 0 atom stereocenters. The Labute approximate surface area is 209 Å². The van der Waals surface area contributed by atoms with Crippen molar-refractivity contribution in [1.82, 2.24) is 0 Å². The van der Waals surface area contributed by atoms with E-state index in [1.54, 1.807) is 3.58 Å². The van der Waals surface area contributed by atoms with E-state index < -0.39 is 0 Å². The summed E-state index contributed by atoms with van der Waals surface area (Å²) < 4.78 is 1.65. The predicted octanol–water partition coefficient (Wildman–Crippen LogP) is 5.30. The van der Waals surface area contributed by atoms with E-state index in [9.17, 15) is 0 Å². The van der Waals surface area contributed by atoms with E-state index in [2.05, 4.69) is 94.0 Å². The molecule has 2 rings (SSSR count). The average molecular weight is 552 g/mol. The fraction of sp³-hybridized carbons (Fsp3) is 0.552. The molecule has 2 aliphatic rings. The van der Waals surface area contributed by atoms with Gasteiger partial charge in [0.2, 0.25) is 0 Å². The number of rotatable bonds is 6. The summed E-state index contributed by atoms with van der Waals surface area (Å²) in [5.74, 6) is 0.654. The zero-order valence-electron chi connectivity index (χ0n) is 22.2. The number of amidine groups is 1. The topological polar surface area (TPSA) is 38.4 Å². The molecule has 2 aliphatic carbocycles. The van der Waals surface area contributed by atoms with Crippen molar-refractivity contribution in [3.8, 4) is 0 Å². The summed E-state index contributed by atoms with van der Waals surface area (Å²) in [5, 5.41) is 0. The molecule has 32 heavy (non-hydrogen) atoms. The van der Waals surface area contributed by atoms with E-state index in [1.165, 1.54) is 23.1 Å². The van der Waals surface area contributed by atoms with Gasteiger partial charge in [0.25, 0.3) is 0 Å². The fourth-order valence-electron chi connectivity index (χ4n) is 3.43. The molecular weight excluding hydrogens is 503 g/mol. The van der Waals surface area contributed by atoms with Crippen molar-refractivity contribution < 1.29 is 21.2 Å². The van der Waals surface area contributed by atoms with E-state index in [1.807, 2.05) is 13.8 Å². The summed E-state index contributed by atoms with van der Waals surface area (Å²) in [6.45, 7) is 17.8. The number of hydrogen-bond acceptors (Lipinski definition) is 1. The Morgan fingerprint density at radius 2 is 1.72 bits per heavy atom. The normalized spacial score (nSPS) is 21.4. The fourth-order valence-corrected chi connectivity index (χ4v) is 4.75. The zero-order chi connectivity index (χ0) is 24.6. The number of nitrogens with two attached hydrogens (primary N) is 1. The molecule has 0 radical (unpaired) electrons. The number of halogens is 1. The van der Waals surface area contributed by atoms with Crippen LogP contribution in [0.4, 0.5) is 0 Å². The number of hydrogen-bond donors (Lipinski definition) is 1. The van der Waals surface area contributed by atoms with E-state index in [4.69, 9.17) is 5.73 Å². The van der Waals surface area contributed by atoms with Crippen molar-refractivity contribution >= 4 is 5.84 Å². The summed E-state index contributed by atoms with van der Waals surface area (Å²) in [5.41, 5.74) is 11.5. The van der Waals surface area contributed by atoms with Crippen LogP contribution in [0.3, 0.4) is 0 Å². The third-order valence-corrected chi connectivity index (χ3v) is 7.00. The molecule has 182 valence electrons. The van der Waals surface area contributed by atoms with Gasteiger partial charge in [0.15, 0.2) is 0 Å². The molecule has 0 heterocycles. The van der Waals surface area contributed by atoms with Crippen molar-refractivity contribution in [3.63, 3.8) is 0 Å². The molecular formula is C29H48IN2-. The minimum absolute atomic E-state index is 0.00216. The first-order valence-electron chi connectivity index (χ1n) is 12.2. The van der Waals surface area contributed by atoms with Gasteiger partial charge in [-0.1, -0.05) is 59.6 Å². The van der Waals surface area contributed by atoms with Crippen molar-refractivity contribution in [2.75, 3.05) is 11.5 Å². The van der Waals surface area contributed by atoms with Crippen LogP contribution < -0.4 is 26.9 Å². The summed E-state index contributed by atoms with van der Waals surface area (Å²) in [7, 11) is 0. The first-order chi connectivity index (χ1) is 15.2. The van der Waals surface area contributed by atoms with Crippen LogP contribution in [0, 0.1) is 5.41 Å². The molecule has 0 spiro atoms. The maximum atomic E-state index is 6.28. The Bertz CT molecular complexity index is 771. The number of aliphatic imine (C=N–C) groups is 1. The van der Waals surface area contributed by atoms with Crippen LogP contribution in [-0.2, 0) is 0 Å². The molecule has 0 saturated heterocycles. The predicted molar refractivity (Wildman–Crippen MR) is 143 cm³/mol. The van der Waals surface area contributed by atoms with Crippen LogP contribution in [0.25, 0.3) is 0 Å². The quantitative estimate of drug-likeness (QED) is 0.157. The third kappa shape index (κ3) is 13.2. The van der Waals surface area contributed by atoms with Crippen LogP contribution >= 0.6 is 0 Å². The van der Waals surface area contributed by atoms with Gasteiger partial charge in [-0.3, -0.25) is 0 Å². The molecule has 0 bridgehead atoms. The Morgan fingerprint density at radius 1 is 1.06 bits per heavy atom. The Balaban J connectivity index is 0.00000177. The van der Waals surface area contributed by atoms with E-state index in [-0.39, 0.29) is 26.6 Å². The maximum absolute atomic E-state index is 6.28. The summed E-state index contributed by atoms with van der Waals surface area (Å²) in [6, 6.07) is 0. The van der Waals surface area contributed by atoms with E-state index in [0.29, 0.717) is 5.84 Å². The Morgan fingerprint density at radius 3 is 2.34 bits per heavy atom. The van der Waals surface area contributed by atoms with E-state index in [0.717, 1.165) is 37.8 Å². The molecule has 2 nitrogen and oxygen atoms in total. The number of alkyl halides is 1. The van der Waals surface area contributed by atoms with E-state index >= 15 is 0 Å². The second-order valence-corrected chi connectivity index (χ2v) is 11.2. The van der Waals surface area contributed by atoms with Gasteiger partial charge >= 0.3 is 144 Å². The SMILES string of the molecule is CC.CCC.C[I-]/C1=C/CC(C)=C/C(CCCN=C(N)C2=CC(C)(C)C=C(C)C=C2)=C\C1. The monoisotopic (exact) mass is 551 g/mol. The molecule has 0 aromatic rings. The van der Waals surface area contributed by atoms with Gasteiger partial charge in [-0.05, 0) is 6.92 Å². The van der Waals surface area contributed by atoms with Crippen LogP contribution in [0.5, 0.6) is 0 Å². The van der Waals surface area contributed by atoms with Gasteiger partial charge in [0, 0.05) is 0 Å². The molecule has 3 heteroatoms. The molecule has 0 aliphatic heterocycles. The molecule has 0 fully saturated rings. The summed E-state index contributed by atoms with van der Waals surface area (Å²) >= 11 is 0.204.